The van der Waals surface area contributed by atoms with Gasteiger partial charge in [-0.1, -0.05) is 12.1 Å². The molecule has 4 rings (SSSR count). The normalized spacial score (nSPS) is 15.7. The third-order valence-corrected chi connectivity index (χ3v) is 5.37. The Labute approximate surface area is 199 Å². The molecular weight excluding hydrogens is 552 g/mol. The summed E-state index contributed by atoms with van der Waals surface area (Å²) in [6, 6.07) is 13.4. The van der Waals surface area contributed by atoms with Crippen LogP contribution in [0.4, 0.5) is 23.7 Å². The molecule has 12 heteroatoms. The van der Waals surface area contributed by atoms with Crippen molar-refractivity contribution in [1.29, 1.82) is 5.26 Å². The Balaban J connectivity index is 1.55. The van der Waals surface area contributed by atoms with Crippen molar-refractivity contribution in [2.75, 3.05) is 11.9 Å². The third-order valence-electron chi connectivity index (χ3n) is 4.65. The number of rotatable bonds is 4. The minimum Gasteiger partial charge on any atom is -0.406 e. The maximum absolute atomic E-state index is 12.8. The highest BCUT2D eigenvalue weighted by Gasteiger charge is 2.33. The molecule has 2 heterocycles. The van der Waals surface area contributed by atoms with Crippen LogP contribution in [0.1, 0.15) is 17.2 Å². The summed E-state index contributed by atoms with van der Waals surface area (Å²) in [5.41, 5.74) is 2.03. The molecule has 1 aliphatic heterocycles. The highest BCUT2D eigenvalue weighted by Crippen LogP contribution is 2.27. The number of nitriles is 1. The number of hydrogen-bond donors (Lipinski definition) is 1. The van der Waals surface area contributed by atoms with Crippen LogP contribution in [0.15, 0.2) is 66.0 Å². The highest BCUT2D eigenvalue weighted by atomic mass is 127. The van der Waals surface area contributed by atoms with Crippen LogP contribution in [-0.4, -0.2) is 39.4 Å². The quantitative estimate of drug-likeness (QED) is 0.462. The number of aromatic nitrogens is 2. The predicted octanol–water partition coefficient (Wildman–Crippen LogP) is 4.75. The van der Waals surface area contributed by atoms with E-state index in [9.17, 15) is 18.0 Å². The second-order valence-electron chi connectivity index (χ2n) is 6.91. The molecule has 8 nitrogen and oxygen atoms in total. The number of carbonyl (C=O) groups is 1. The molecule has 0 bridgehead atoms. The number of hydrazone groups is 1. The van der Waals surface area contributed by atoms with Crippen LogP contribution in [0.5, 0.6) is 5.75 Å². The molecule has 2 aromatic carbocycles. The zero-order valence-electron chi connectivity index (χ0n) is 16.6. The minimum absolute atomic E-state index is 0.148. The number of amides is 2. The van der Waals surface area contributed by atoms with Gasteiger partial charge in [0.15, 0.2) is 0 Å². The fourth-order valence-electron chi connectivity index (χ4n) is 3.19. The number of nitrogens with zero attached hydrogens (tertiary/aromatic N) is 5. The standard InChI is InChI=1S/C21H14F3IN6O2/c22-21(23,24)33-17-7-5-16(6-8-17)28-20(32)31-12-18(30-11-13(9-26)10-27-30)19(29-31)14-1-3-15(25)4-2-14/h1-8,10-11,18H,12H2,(H,28,32). The maximum atomic E-state index is 12.8. The van der Waals surface area contributed by atoms with E-state index in [-0.39, 0.29) is 12.2 Å². The van der Waals surface area contributed by atoms with Gasteiger partial charge in [-0.05, 0) is 59.0 Å². The molecule has 33 heavy (non-hydrogen) atoms. The van der Waals surface area contributed by atoms with Crippen molar-refractivity contribution >= 4 is 40.0 Å². The zero-order valence-corrected chi connectivity index (χ0v) is 18.8. The molecule has 1 N–H and O–H groups in total. The molecule has 0 saturated heterocycles. The van der Waals surface area contributed by atoms with Crippen LogP contribution in [0.25, 0.3) is 0 Å². The first-order valence-electron chi connectivity index (χ1n) is 9.45. The number of benzene rings is 2. The van der Waals surface area contributed by atoms with E-state index < -0.39 is 24.2 Å². The van der Waals surface area contributed by atoms with E-state index in [1.807, 2.05) is 30.3 Å². The van der Waals surface area contributed by atoms with Crippen molar-refractivity contribution in [3.8, 4) is 11.8 Å². The fourth-order valence-corrected chi connectivity index (χ4v) is 3.55. The molecule has 0 spiro atoms. The third kappa shape index (κ3) is 5.43. The Kier molecular flexibility index (Phi) is 6.23. The Morgan fingerprint density at radius 2 is 1.88 bits per heavy atom. The summed E-state index contributed by atoms with van der Waals surface area (Å²) in [7, 11) is 0. The molecule has 1 atom stereocenters. The van der Waals surface area contributed by atoms with Gasteiger partial charge in [-0.25, -0.2) is 9.80 Å². The van der Waals surface area contributed by atoms with E-state index in [4.69, 9.17) is 5.26 Å². The molecule has 0 saturated carbocycles. The molecule has 1 unspecified atom stereocenters. The first-order chi connectivity index (χ1) is 15.7. The van der Waals surface area contributed by atoms with Crippen molar-refractivity contribution < 1.29 is 22.7 Å². The lowest BCUT2D eigenvalue weighted by molar-refractivity contribution is -0.274. The largest absolute Gasteiger partial charge is 0.573 e. The summed E-state index contributed by atoms with van der Waals surface area (Å²) in [6.45, 7) is 0.148. The number of urea groups is 1. The van der Waals surface area contributed by atoms with Crippen molar-refractivity contribution in [1.82, 2.24) is 14.8 Å². The second kappa shape index (κ2) is 9.10. The van der Waals surface area contributed by atoms with Crippen LogP contribution in [0.3, 0.4) is 0 Å². The average Bonchev–Trinajstić information content (AvgIpc) is 3.42. The Morgan fingerprint density at radius 3 is 2.48 bits per heavy atom. The topological polar surface area (TPSA) is 95.5 Å². The smallest absolute Gasteiger partial charge is 0.406 e. The van der Waals surface area contributed by atoms with E-state index in [1.165, 1.54) is 23.3 Å². The van der Waals surface area contributed by atoms with Crippen molar-refractivity contribution in [3.63, 3.8) is 0 Å². The van der Waals surface area contributed by atoms with Gasteiger partial charge in [0.2, 0.25) is 0 Å². The van der Waals surface area contributed by atoms with Crippen LogP contribution >= 0.6 is 22.6 Å². The molecule has 1 aliphatic rings. The maximum Gasteiger partial charge on any atom is 0.573 e. The van der Waals surface area contributed by atoms with Crippen LogP contribution < -0.4 is 10.1 Å². The first-order valence-corrected chi connectivity index (χ1v) is 10.5. The van der Waals surface area contributed by atoms with Gasteiger partial charge in [-0.3, -0.25) is 4.68 Å². The van der Waals surface area contributed by atoms with E-state index in [0.29, 0.717) is 11.3 Å². The van der Waals surface area contributed by atoms with E-state index in [2.05, 4.69) is 42.8 Å². The lowest BCUT2D eigenvalue weighted by atomic mass is 10.0. The zero-order chi connectivity index (χ0) is 23.6. The van der Waals surface area contributed by atoms with Gasteiger partial charge in [-0.2, -0.15) is 15.5 Å². The number of hydrogen-bond acceptors (Lipinski definition) is 5. The first kappa shape index (κ1) is 22.6. The molecule has 0 fully saturated rings. The van der Waals surface area contributed by atoms with E-state index >= 15 is 0 Å². The summed E-state index contributed by atoms with van der Waals surface area (Å²) in [5.74, 6) is -0.396. The van der Waals surface area contributed by atoms with Crippen molar-refractivity contribution in [3.05, 3.63) is 75.6 Å². The SMILES string of the molecule is N#Cc1cnn(C2CN(C(=O)Nc3ccc(OC(F)(F)F)cc3)N=C2c2ccc(I)cc2)c1. The molecule has 168 valence electrons. The van der Waals surface area contributed by atoms with Crippen LogP contribution in [0.2, 0.25) is 0 Å². The number of anilines is 1. The van der Waals surface area contributed by atoms with E-state index in [1.54, 1.807) is 10.9 Å². The van der Waals surface area contributed by atoms with Gasteiger partial charge in [0.05, 0.1) is 24.0 Å². The lowest BCUT2D eigenvalue weighted by Crippen LogP contribution is -2.31. The number of alkyl halides is 3. The number of carbonyl (C=O) groups excluding carboxylic acids is 1. The van der Waals surface area contributed by atoms with Gasteiger partial charge >= 0.3 is 12.4 Å². The van der Waals surface area contributed by atoms with Gasteiger partial charge in [0.25, 0.3) is 0 Å². The van der Waals surface area contributed by atoms with Crippen LogP contribution in [-0.2, 0) is 0 Å². The van der Waals surface area contributed by atoms with Gasteiger partial charge in [0.1, 0.15) is 17.9 Å². The van der Waals surface area contributed by atoms with Gasteiger partial charge in [-0.15, -0.1) is 13.2 Å². The molecule has 0 aliphatic carbocycles. The minimum atomic E-state index is -4.80. The summed E-state index contributed by atoms with van der Waals surface area (Å²) in [6.07, 6.45) is -1.79. The van der Waals surface area contributed by atoms with Crippen molar-refractivity contribution in [2.45, 2.75) is 12.4 Å². The average molecular weight is 566 g/mol. The Morgan fingerprint density at radius 1 is 1.18 bits per heavy atom. The Bertz CT molecular complexity index is 1230. The lowest BCUT2D eigenvalue weighted by Gasteiger charge is -2.16. The highest BCUT2D eigenvalue weighted by molar-refractivity contribution is 14.1. The number of ether oxygens (including phenoxy) is 1. The van der Waals surface area contributed by atoms with Gasteiger partial charge in [0, 0.05) is 21.0 Å². The summed E-state index contributed by atoms with van der Waals surface area (Å²) in [5, 5.41) is 21.6. The van der Waals surface area contributed by atoms with Crippen molar-refractivity contribution in [2.24, 2.45) is 5.10 Å². The summed E-state index contributed by atoms with van der Waals surface area (Å²) >= 11 is 2.18. The van der Waals surface area contributed by atoms with Crippen LogP contribution in [0, 0.1) is 14.9 Å². The molecular formula is C21H14F3IN6O2. The van der Waals surface area contributed by atoms with E-state index in [0.717, 1.165) is 21.3 Å². The summed E-state index contributed by atoms with van der Waals surface area (Å²) < 4.78 is 43.4. The molecule has 2 amide bonds. The second-order valence-corrected chi connectivity index (χ2v) is 8.16. The fraction of sp³-hybridized carbons (Fsp3) is 0.143. The number of nitrogens with one attached hydrogen (secondary N) is 1. The van der Waals surface area contributed by atoms with Gasteiger partial charge < -0.3 is 10.1 Å². The number of halogens is 4. The Hall–Kier alpha value is -3.60. The molecule has 1 aromatic heterocycles. The monoisotopic (exact) mass is 566 g/mol. The molecule has 0 radical (unpaired) electrons. The summed E-state index contributed by atoms with van der Waals surface area (Å²) in [4.78, 5) is 12.8. The molecule has 3 aromatic rings. The predicted molar refractivity (Wildman–Crippen MR) is 121 cm³/mol.